The van der Waals surface area contributed by atoms with Crippen molar-refractivity contribution >= 4 is 22.9 Å². The van der Waals surface area contributed by atoms with E-state index in [0.29, 0.717) is 6.42 Å². The van der Waals surface area contributed by atoms with Crippen molar-refractivity contribution < 1.29 is 23.3 Å². The lowest BCUT2D eigenvalue weighted by atomic mass is 9.85. The number of allylic oxidation sites excluding steroid dienone is 3. The quantitative estimate of drug-likeness (QED) is 0.597. The van der Waals surface area contributed by atoms with Gasteiger partial charge in [0, 0.05) is 12.5 Å². The summed E-state index contributed by atoms with van der Waals surface area (Å²) in [5.74, 6) is -1.28. The first-order valence-electron chi connectivity index (χ1n) is 8.51. The van der Waals surface area contributed by atoms with Crippen molar-refractivity contribution in [3.63, 3.8) is 0 Å². The van der Waals surface area contributed by atoms with Crippen LogP contribution in [0.15, 0.2) is 34.9 Å². The number of hydrogen-bond acceptors (Lipinski definition) is 5. The molecular formula is C19H27NO5S. The Morgan fingerprint density at radius 1 is 1.23 bits per heavy atom. The minimum Gasteiger partial charge on any atom is -0.468 e. The van der Waals surface area contributed by atoms with Gasteiger partial charge < -0.3 is 9.47 Å². The lowest BCUT2D eigenvalue weighted by Crippen LogP contribution is -2.41. The lowest BCUT2D eigenvalue weighted by molar-refractivity contribution is -0.164. The van der Waals surface area contributed by atoms with E-state index >= 15 is 0 Å². The Morgan fingerprint density at radius 2 is 1.81 bits per heavy atom. The fourth-order valence-corrected chi connectivity index (χ4v) is 4.06. The van der Waals surface area contributed by atoms with Gasteiger partial charge in [0.05, 0.1) is 30.0 Å². The van der Waals surface area contributed by atoms with Crippen LogP contribution in [0.3, 0.4) is 0 Å². The molecule has 2 atom stereocenters. The van der Waals surface area contributed by atoms with Crippen LogP contribution < -0.4 is 4.72 Å². The standard InChI is InChI=1S/C19H27NO5S/c1-12-14-11-19(16(21)24-5,17(22)25-6)10-13(14)8-7-9-15(12)20-26(23)18(2,3)4/h7-8,10,15,20H,9,11H2,1-6H3. The van der Waals surface area contributed by atoms with Crippen molar-refractivity contribution in [1.82, 2.24) is 4.72 Å². The molecule has 0 aromatic rings. The number of nitrogens with one attached hydrogen (secondary N) is 1. The third-order valence-electron chi connectivity index (χ3n) is 4.78. The minimum atomic E-state index is -1.47. The van der Waals surface area contributed by atoms with Gasteiger partial charge in [-0.3, -0.25) is 9.59 Å². The van der Waals surface area contributed by atoms with Crippen LogP contribution in [0, 0.1) is 5.41 Å². The zero-order valence-corrected chi connectivity index (χ0v) is 17.0. The Kier molecular flexibility index (Phi) is 5.92. The van der Waals surface area contributed by atoms with E-state index in [9.17, 15) is 13.8 Å². The van der Waals surface area contributed by atoms with E-state index in [0.717, 1.165) is 16.7 Å². The molecule has 0 bridgehead atoms. The Morgan fingerprint density at radius 3 is 2.31 bits per heavy atom. The SMILES string of the molecule is COC(=O)C1(C(=O)OC)C=C2C=CCC(NS(=O)C(C)(C)C)C(C)=C2C1. The highest BCUT2D eigenvalue weighted by atomic mass is 32.2. The smallest absolute Gasteiger partial charge is 0.327 e. The summed E-state index contributed by atoms with van der Waals surface area (Å²) in [7, 11) is 1.28. The van der Waals surface area contributed by atoms with Gasteiger partial charge in [0.2, 0.25) is 0 Å². The van der Waals surface area contributed by atoms with E-state index in [-0.39, 0.29) is 12.5 Å². The minimum absolute atomic E-state index is 0.140. The van der Waals surface area contributed by atoms with Crippen molar-refractivity contribution in [2.75, 3.05) is 14.2 Å². The van der Waals surface area contributed by atoms with Crippen molar-refractivity contribution in [2.45, 2.75) is 51.3 Å². The molecule has 2 rings (SSSR count). The van der Waals surface area contributed by atoms with Gasteiger partial charge in [-0.05, 0) is 51.3 Å². The number of ether oxygens (including phenoxy) is 2. The molecule has 7 heteroatoms. The molecule has 0 spiro atoms. The van der Waals surface area contributed by atoms with Crippen LogP contribution in [-0.4, -0.2) is 41.2 Å². The van der Waals surface area contributed by atoms with Gasteiger partial charge in [0.25, 0.3) is 0 Å². The average Bonchev–Trinajstić information content (AvgIpc) is 2.92. The fourth-order valence-electron chi connectivity index (χ4n) is 3.17. The summed E-state index contributed by atoms with van der Waals surface area (Å²) >= 11 is 0. The summed E-state index contributed by atoms with van der Waals surface area (Å²) < 4.78 is 25.0. The van der Waals surface area contributed by atoms with E-state index in [4.69, 9.17) is 9.47 Å². The Bertz CT molecular complexity index is 711. The number of fused-ring (bicyclic) bond motifs is 1. The summed E-state index contributed by atoms with van der Waals surface area (Å²) in [4.78, 5) is 24.8. The highest BCUT2D eigenvalue weighted by molar-refractivity contribution is 7.84. The Balaban J connectivity index is 2.44. The molecule has 0 aliphatic heterocycles. The van der Waals surface area contributed by atoms with Crippen LogP contribution in [0.2, 0.25) is 0 Å². The largest absolute Gasteiger partial charge is 0.468 e. The van der Waals surface area contributed by atoms with E-state index in [2.05, 4.69) is 4.72 Å². The molecule has 26 heavy (non-hydrogen) atoms. The summed E-state index contributed by atoms with van der Waals surface area (Å²) in [5, 5.41) is 0. The maximum absolute atomic E-state index is 12.5. The molecule has 0 amide bonds. The molecule has 2 aliphatic carbocycles. The van der Waals surface area contributed by atoms with Crippen molar-refractivity contribution in [2.24, 2.45) is 5.41 Å². The van der Waals surface area contributed by atoms with Gasteiger partial charge in [-0.1, -0.05) is 17.7 Å². The summed E-state index contributed by atoms with van der Waals surface area (Å²) in [6, 6.07) is -0.140. The second-order valence-corrected chi connectivity index (χ2v) is 9.58. The van der Waals surface area contributed by atoms with E-state index in [1.807, 2.05) is 39.8 Å². The fraction of sp³-hybridized carbons (Fsp3) is 0.579. The highest BCUT2D eigenvalue weighted by Gasteiger charge is 2.51. The van der Waals surface area contributed by atoms with Crippen molar-refractivity contribution in [3.8, 4) is 0 Å². The monoisotopic (exact) mass is 381 g/mol. The second-order valence-electron chi connectivity index (χ2n) is 7.58. The van der Waals surface area contributed by atoms with Crippen LogP contribution in [0.25, 0.3) is 0 Å². The number of hydrogen-bond donors (Lipinski definition) is 1. The lowest BCUT2D eigenvalue weighted by Gasteiger charge is -2.26. The molecule has 0 heterocycles. The second kappa shape index (κ2) is 7.48. The molecule has 144 valence electrons. The first-order chi connectivity index (χ1) is 12.1. The maximum atomic E-state index is 12.5. The van der Waals surface area contributed by atoms with Crippen molar-refractivity contribution in [1.29, 1.82) is 0 Å². The Hall–Kier alpha value is -1.73. The van der Waals surface area contributed by atoms with Crippen LogP contribution in [0.1, 0.15) is 40.5 Å². The molecule has 0 saturated heterocycles. The van der Waals surface area contributed by atoms with E-state index < -0.39 is 33.1 Å². The molecule has 2 unspecified atom stereocenters. The van der Waals surface area contributed by atoms with E-state index in [1.165, 1.54) is 14.2 Å². The van der Waals surface area contributed by atoms with Gasteiger partial charge in [0.15, 0.2) is 5.41 Å². The highest BCUT2D eigenvalue weighted by Crippen LogP contribution is 2.45. The number of esters is 2. The first-order valence-corrected chi connectivity index (χ1v) is 9.66. The molecule has 0 radical (unpaired) electrons. The number of rotatable bonds is 4. The number of carbonyl (C=O) groups is 2. The summed E-state index contributed by atoms with van der Waals surface area (Å²) in [6.07, 6.45) is 6.35. The molecule has 0 saturated carbocycles. The third-order valence-corrected chi connectivity index (χ3v) is 6.39. The zero-order valence-electron chi connectivity index (χ0n) is 16.2. The van der Waals surface area contributed by atoms with Gasteiger partial charge in [-0.25, -0.2) is 8.93 Å². The number of carbonyl (C=O) groups excluding carboxylic acids is 2. The molecule has 0 aromatic heterocycles. The van der Waals surface area contributed by atoms with Crippen LogP contribution in [0.5, 0.6) is 0 Å². The van der Waals surface area contributed by atoms with Gasteiger partial charge in [-0.15, -0.1) is 0 Å². The number of methoxy groups -OCH3 is 2. The van der Waals surface area contributed by atoms with Crippen LogP contribution in [-0.2, 0) is 30.0 Å². The van der Waals surface area contributed by atoms with Crippen LogP contribution >= 0.6 is 0 Å². The molecule has 2 aliphatic rings. The normalized spacial score (nSPS) is 23.0. The van der Waals surface area contributed by atoms with E-state index in [1.54, 1.807) is 6.08 Å². The van der Waals surface area contributed by atoms with Gasteiger partial charge in [-0.2, -0.15) is 0 Å². The average molecular weight is 381 g/mol. The topological polar surface area (TPSA) is 81.7 Å². The molecule has 0 fully saturated rings. The maximum Gasteiger partial charge on any atom is 0.327 e. The predicted octanol–water partition coefficient (Wildman–Crippen LogP) is 2.35. The molecular weight excluding hydrogens is 354 g/mol. The van der Waals surface area contributed by atoms with Gasteiger partial charge >= 0.3 is 11.9 Å². The van der Waals surface area contributed by atoms with Gasteiger partial charge in [0.1, 0.15) is 0 Å². The predicted molar refractivity (Wildman–Crippen MR) is 100 cm³/mol. The molecule has 0 aromatic carbocycles. The molecule has 1 N–H and O–H groups in total. The summed E-state index contributed by atoms with van der Waals surface area (Å²) in [6.45, 7) is 7.67. The first kappa shape index (κ1) is 20.6. The Labute approximate surface area is 157 Å². The van der Waals surface area contributed by atoms with Crippen molar-refractivity contribution in [3.05, 3.63) is 34.9 Å². The zero-order chi connectivity index (χ0) is 19.7. The van der Waals surface area contributed by atoms with Crippen LogP contribution in [0.4, 0.5) is 0 Å². The summed E-state index contributed by atoms with van der Waals surface area (Å²) in [5.41, 5.74) is 1.20. The molecule has 6 nitrogen and oxygen atoms in total. The third kappa shape index (κ3) is 3.69.